The molecule has 8 heteroatoms. The molecule has 7 nitrogen and oxygen atoms in total. The molecule has 2 aliphatic heterocycles. The van der Waals surface area contributed by atoms with Gasteiger partial charge in [0, 0.05) is 45.6 Å². The van der Waals surface area contributed by atoms with Crippen LogP contribution in [0.15, 0.2) is 23.1 Å². The number of nitrogens with zero attached hydrogens (tertiary/aromatic N) is 4. The van der Waals surface area contributed by atoms with Gasteiger partial charge in [-0.2, -0.15) is 4.31 Å². The number of imidazole rings is 1. The summed E-state index contributed by atoms with van der Waals surface area (Å²) >= 11 is 0. The lowest BCUT2D eigenvalue weighted by Crippen LogP contribution is -2.37. The van der Waals surface area contributed by atoms with Crippen molar-refractivity contribution in [2.75, 3.05) is 19.6 Å². The maximum atomic E-state index is 13.1. The van der Waals surface area contributed by atoms with E-state index in [0.29, 0.717) is 42.4 Å². The number of carbonyl (C=O) groups excluding carboxylic acids is 1. The summed E-state index contributed by atoms with van der Waals surface area (Å²) in [6, 6.07) is 5.54. The summed E-state index contributed by atoms with van der Waals surface area (Å²) in [6.45, 7) is 8.71. The average Bonchev–Trinajstić information content (AvgIpc) is 3.35. The molecule has 1 atom stereocenters. The van der Waals surface area contributed by atoms with Crippen LogP contribution in [-0.4, -0.2) is 58.8 Å². The number of hydrogen-bond donors (Lipinski definition) is 0. The van der Waals surface area contributed by atoms with Gasteiger partial charge in [-0.15, -0.1) is 0 Å². The molecule has 0 saturated carbocycles. The second-order valence-electron chi connectivity index (χ2n) is 10.9. The molecule has 0 radical (unpaired) electrons. The molecule has 0 aliphatic carbocycles. The molecular formula is C25H38N4O3S. The normalized spacial score (nSPS) is 20.6. The van der Waals surface area contributed by atoms with Gasteiger partial charge in [0.15, 0.2) is 0 Å². The molecule has 1 aromatic carbocycles. The van der Waals surface area contributed by atoms with Crippen LogP contribution in [0.1, 0.15) is 71.5 Å². The molecule has 1 unspecified atom stereocenters. The molecule has 1 aromatic heterocycles. The zero-order valence-electron chi connectivity index (χ0n) is 20.5. The molecule has 0 bridgehead atoms. The molecule has 3 heterocycles. The molecule has 2 fully saturated rings. The minimum atomic E-state index is -3.49. The van der Waals surface area contributed by atoms with E-state index in [-0.39, 0.29) is 11.3 Å². The van der Waals surface area contributed by atoms with Crippen LogP contribution >= 0.6 is 0 Å². The van der Waals surface area contributed by atoms with Gasteiger partial charge in [-0.25, -0.2) is 13.4 Å². The Kier molecular flexibility index (Phi) is 6.87. The zero-order valence-corrected chi connectivity index (χ0v) is 21.3. The summed E-state index contributed by atoms with van der Waals surface area (Å²) in [7, 11) is -1.56. The molecule has 33 heavy (non-hydrogen) atoms. The van der Waals surface area contributed by atoms with Crippen molar-refractivity contribution in [2.24, 2.45) is 12.5 Å². The van der Waals surface area contributed by atoms with E-state index >= 15 is 0 Å². The molecular weight excluding hydrogens is 436 g/mol. The van der Waals surface area contributed by atoms with Crippen molar-refractivity contribution in [3.8, 4) is 0 Å². The first-order valence-corrected chi connectivity index (χ1v) is 13.8. The van der Waals surface area contributed by atoms with Gasteiger partial charge in [0.1, 0.15) is 5.82 Å². The van der Waals surface area contributed by atoms with E-state index in [1.807, 2.05) is 17.7 Å². The highest BCUT2D eigenvalue weighted by Gasteiger charge is 2.32. The fraction of sp³-hybridized carbons (Fsp3) is 0.680. The topological polar surface area (TPSA) is 75.5 Å². The summed E-state index contributed by atoms with van der Waals surface area (Å²) in [6.07, 6.45) is 7.08. The van der Waals surface area contributed by atoms with Gasteiger partial charge in [0.25, 0.3) is 0 Å². The molecule has 0 N–H and O–H groups in total. The van der Waals surface area contributed by atoms with E-state index in [2.05, 4.69) is 25.7 Å². The van der Waals surface area contributed by atoms with Gasteiger partial charge in [0.05, 0.1) is 15.9 Å². The van der Waals surface area contributed by atoms with E-state index in [4.69, 9.17) is 4.98 Å². The number of rotatable bonds is 6. The SMILES string of the molecule is Cn1c(CCC(=O)N2CCCC2CC(C)(C)C)nc2cc(S(=O)(=O)N3CCCCC3)ccc21. The summed E-state index contributed by atoms with van der Waals surface area (Å²) in [5.74, 6) is 1.01. The third-order valence-electron chi connectivity index (χ3n) is 7.01. The number of hydrogen-bond acceptors (Lipinski definition) is 4. The molecule has 4 rings (SSSR count). The number of sulfonamides is 1. The number of aromatic nitrogens is 2. The first-order valence-electron chi connectivity index (χ1n) is 12.3. The van der Waals surface area contributed by atoms with E-state index in [9.17, 15) is 13.2 Å². The minimum Gasteiger partial charge on any atom is -0.340 e. The fourth-order valence-electron chi connectivity index (χ4n) is 5.31. The Morgan fingerprint density at radius 3 is 2.52 bits per heavy atom. The van der Waals surface area contributed by atoms with E-state index in [1.54, 1.807) is 16.4 Å². The van der Waals surface area contributed by atoms with Gasteiger partial charge in [-0.05, 0) is 55.7 Å². The number of piperidine rings is 1. The predicted molar refractivity (Wildman–Crippen MR) is 130 cm³/mol. The maximum Gasteiger partial charge on any atom is 0.243 e. The zero-order chi connectivity index (χ0) is 23.8. The Morgan fingerprint density at radius 2 is 1.82 bits per heavy atom. The van der Waals surface area contributed by atoms with Crippen LogP contribution in [0.25, 0.3) is 11.0 Å². The van der Waals surface area contributed by atoms with Crippen molar-refractivity contribution in [1.29, 1.82) is 0 Å². The van der Waals surface area contributed by atoms with Crippen LogP contribution in [0.5, 0.6) is 0 Å². The molecule has 1 amide bonds. The van der Waals surface area contributed by atoms with Crippen LogP contribution in [0.4, 0.5) is 0 Å². The monoisotopic (exact) mass is 474 g/mol. The third-order valence-corrected chi connectivity index (χ3v) is 8.90. The first-order chi connectivity index (χ1) is 15.6. The largest absolute Gasteiger partial charge is 0.340 e. The summed E-state index contributed by atoms with van der Waals surface area (Å²) in [5, 5.41) is 0. The van der Waals surface area contributed by atoms with Gasteiger partial charge < -0.3 is 9.47 Å². The van der Waals surface area contributed by atoms with Crippen LogP contribution in [0.2, 0.25) is 0 Å². The summed E-state index contributed by atoms with van der Waals surface area (Å²) in [4.78, 5) is 20.1. The Morgan fingerprint density at radius 1 is 1.09 bits per heavy atom. The predicted octanol–water partition coefficient (Wildman–Crippen LogP) is 4.11. The van der Waals surface area contributed by atoms with Crippen molar-refractivity contribution in [1.82, 2.24) is 18.8 Å². The number of amides is 1. The number of fused-ring (bicyclic) bond motifs is 1. The molecule has 182 valence electrons. The quantitative estimate of drug-likeness (QED) is 0.631. The molecule has 2 aromatic rings. The van der Waals surface area contributed by atoms with Gasteiger partial charge >= 0.3 is 0 Å². The van der Waals surface area contributed by atoms with Crippen molar-refractivity contribution in [3.05, 3.63) is 24.0 Å². The maximum absolute atomic E-state index is 13.1. The van der Waals surface area contributed by atoms with E-state index in [1.165, 1.54) is 0 Å². The van der Waals surface area contributed by atoms with Crippen molar-refractivity contribution in [3.63, 3.8) is 0 Å². The second-order valence-corrected chi connectivity index (χ2v) is 12.8. The lowest BCUT2D eigenvalue weighted by molar-refractivity contribution is -0.132. The Hall–Kier alpha value is -1.93. The van der Waals surface area contributed by atoms with Gasteiger partial charge in [-0.3, -0.25) is 4.79 Å². The molecule has 2 saturated heterocycles. The number of carbonyl (C=O) groups is 1. The molecule has 0 spiro atoms. The smallest absolute Gasteiger partial charge is 0.243 e. The number of aryl methyl sites for hydroxylation is 2. The second kappa shape index (κ2) is 9.37. The fourth-order valence-corrected chi connectivity index (χ4v) is 6.85. The standard InChI is InChI=1S/C25H38N4O3S/c1-25(2,3)18-19-9-8-16-29(19)24(30)13-12-23-26-21-17-20(10-11-22(21)27(23)4)33(31,32)28-14-6-5-7-15-28/h10-11,17,19H,5-9,12-16,18H2,1-4H3. The highest BCUT2D eigenvalue weighted by Crippen LogP contribution is 2.30. The van der Waals surface area contributed by atoms with Crippen LogP contribution in [-0.2, 0) is 28.3 Å². The highest BCUT2D eigenvalue weighted by atomic mass is 32.2. The Bertz CT molecular complexity index is 1110. The average molecular weight is 475 g/mol. The van der Waals surface area contributed by atoms with Gasteiger partial charge in [0.2, 0.25) is 15.9 Å². The lowest BCUT2D eigenvalue weighted by atomic mass is 9.87. The van der Waals surface area contributed by atoms with E-state index < -0.39 is 10.0 Å². The van der Waals surface area contributed by atoms with Crippen LogP contribution < -0.4 is 0 Å². The minimum absolute atomic E-state index is 0.196. The van der Waals surface area contributed by atoms with Crippen molar-refractivity contribution >= 4 is 27.0 Å². The van der Waals surface area contributed by atoms with Gasteiger partial charge in [-0.1, -0.05) is 27.2 Å². The van der Waals surface area contributed by atoms with Crippen molar-refractivity contribution < 1.29 is 13.2 Å². The highest BCUT2D eigenvalue weighted by molar-refractivity contribution is 7.89. The van der Waals surface area contributed by atoms with E-state index in [0.717, 1.165) is 56.4 Å². The van der Waals surface area contributed by atoms with Crippen molar-refractivity contribution in [2.45, 2.75) is 83.1 Å². The molecule has 2 aliphatic rings. The first kappa shape index (κ1) is 24.2. The van der Waals surface area contributed by atoms with Crippen LogP contribution in [0, 0.1) is 5.41 Å². The Balaban J connectivity index is 1.47. The summed E-state index contributed by atoms with van der Waals surface area (Å²) < 4.78 is 29.7. The number of benzene rings is 1. The van der Waals surface area contributed by atoms with Crippen LogP contribution in [0.3, 0.4) is 0 Å². The number of likely N-dealkylation sites (tertiary alicyclic amines) is 1. The Labute approximate surface area is 198 Å². The lowest BCUT2D eigenvalue weighted by Gasteiger charge is -2.30. The summed E-state index contributed by atoms with van der Waals surface area (Å²) in [5.41, 5.74) is 1.77. The third kappa shape index (κ3) is 5.27.